The summed E-state index contributed by atoms with van der Waals surface area (Å²) in [6.45, 7) is 1.62. The summed E-state index contributed by atoms with van der Waals surface area (Å²) in [6.07, 6.45) is 1.44. The molecule has 3 N–H and O–H groups in total. The Hall–Kier alpha value is -3.37. The quantitative estimate of drug-likeness (QED) is 0.583. The Morgan fingerprint density at radius 3 is 2.79 bits per heavy atom. The third kappa shape index (κ3) is 3.93. The van der Waals surface area contributed by atoms with Crippen molar-refractivity contribution < 1.29 is 19.4 Å². The van der Waals surface area contributed by atoms with Gasteiger partial charge < -0.3 is 20.5 Å². The smallest absolute Gasteiger partial charge is 0.256 e. The third-order valence-corrected chi connectivity index (χ3v) is 4.69. The monoisotopic (exact) mass is 396 g/mol. The summed E-state index contributed by atoms with van der Waals surface area (Å²) in [7, 11) is 0. The average molecular weight is 396 g/mol. The number of anilines is 1. The number of carbonyl (C=O) groups excluding carboxylic acids is 2. The van der Waals surface area contributed by atoms with Crippen LogP contribution in [0.3, 0.4) is 0 Å². The van der Waals surface area contributed by atoms with E-state index in [1.807, 2.05) is 6.07 Å². The van der Waals surface area contributed by atoms with Crippen molar-refractivity contribution in [1.29, 1.82) is 0 Å². The molecule has 29 heavy (non-hydrogen) atoms. The molecule has 0 spiro atoms. The topological polar surface area (TPSA) is 131 Å². The number of aliphatic hydroxyl groups excluding tert-OH is 1. The third-order valence-electron chi connectivity index (χ3n) is 4.69. The van der Waals surface area contributed by atoms with Crippen LogP contribution in [0.1, 0.15) is 29.9 Å². The number of nitrogens with one attached hydrogen (secondary N) is 2. The van der Waals surface area contributed by atoms with Crippen molar-refractivity contribution in [2.24, 2.45) is 0 Å². The van der Waals surface area contributed by atoms with Crippen molar-refractivity contribution in [2.75, 3.05) is 11.9 Å². The van der Waals surface area contributed by atoms with E-state index in [0.717, 1.165) is 0 Å². The van der Waals surface area contributed by atoms with Gasteiger partial charge in [-0.05, 0) is 12.1 Å². The second-order valence-corrected chi connectivity index (χ2v) is 6.74. The molecule has 1 aromatic carbocycles. The number of carbonyl (C=O) groups is 2. The predicted molar refractivity (Wildman–Crippen MR) is 103 cm³/mol. The van der Waals surface area contributed by atoms with Gasteiger partial charge in [-0.15, -0.1) is 0 Å². The minimum atomic E-state index is -0.733. The molecular weight excluding hydrogens is 376 g/mol. The van der Waals surface area contributed by atoms with Gasteiger partial charge in [0.25, 0.3) is 5.91 Å². The Balaban J connectivity index is 1.55. The van der Waals surface area contributed by atoms with Crippen LogP contribution in [-0.2, 0) is 9.53 Å². The van der Waals surface area contributed by atoms with E-state index in [2.05, 4.69) is 25.6 Å². The first-order chi connectivity index (χ1) is 14.0. The number of ether oxygens (including phenoxy) is 1. The summed E-state index contributed by atoms with van der Waals surface area (Å²) < 4.78 is 7.56. The Bertz CT molecular complexity index is 1040. The molecule has 0 radical (unpaired) electrons. The summed E-state index contributed by atoms with van der Waals surface area (Å²) in [5, 5.41) is 15.6. The van der Waals surface area contributed by atoms with E-state index in [4.69, 9.17) is 4.74 Å². The first-order valence-corrected chi connectivity index (χ1v) is 9.15. The fraction of sp³-hybridized carbons (Fsp3) is 0.316. The average Bonchev–Trinajstić information content (AvgIpc) is 3.31. The maximum Gasteiger partial charge on any atom is 0.256 e. The van der Waals surface area contributed by atoms with Crippen LogP contribution >= 0.6 is 0 Å². The lowest BCUT2D eigenvalue weighted by Crippen LogP contribution is -2.35. The molecule has 3 atom stereocenters. The van der Waals surface area contributed by atoms with E-state index in [1.165, 1.54) is 19.6 Å². The molecule has 1 aliphatic rings. The molecule has 0 unspecified atom stereocenters. The first-order valence-electron chi connectivity index (χ1n) is 9.15. The second-order valence-electron chi connectivity index (χ2n) is 6.74. The highest BCUT2D eigenvalue weighted by Gasteiger charge is 2.36. The first kappa shape index (κ1) is 19.0. The van der Waals surface area contributed by atoms with E-state index in [0.29, 0.717) is 23.1 Å². The van der Waals surface area contributed by atoms with Crippen molar-refractivity contribution in [3.8, 4) is 0 Å². The van der Waals surface area contributed by atoms with Crippen molar-refractivity contribution in [1.82, 2.24) is 24.8 Å². The zero-order valence-corrected chi connectivity index (χ0v) is 15.6. The number of hydrogen-bond acceptors (Lipinski definition) is 7. The van der Waals surface area contributed by atoms with E-state index in [9.17, 15) is 14.7 Å². The number of rotatable bonds is 5. The molecule has 3 heterocycles. The molecule has 2 aromatic heterocycles. The summed E-state index contributed by atoms with van der Waals surface area (Å²) in [5.74, 6) is -0.206. The van der Waals surface area contributed by atoms with Gasteiger partial charge in [0, 0.05) is 25.5 Å². The van der Waals surface area contributed by atoms with Crippen LogP contribution < -0.4 is 10.6 Å². The van der Waals surface area contributed by atoms with Crippen molar-refractivity contribution in [3.05, 3.63) is 48.5 Å². The van der Waals surface area contributed by atoms with Crippen LogP contribution in [0.4, 0.5) is 5.82 Å². The lowest BCUT2D eigenvalue weighted by molar-refractivity contribution is -0.120. The highest BCUT2D eigenvalue weighted by Crippen LogP contribution is 2.31. The Labute approximate surface area is 165 Å². The zero-order valence-electron chi connectivity index (χ0n) is 15.6. The molecule has 3 aromatic rings. The molecule has 1 saturated heterocycles. The largest absolute Gasteiger partial charge is 0.390 e. The zero-order chi connectivity index (χ0) is 20.4. The van der Waals surface area contributed by atoms with Crippen molar-refractivity contribution in [2.45, 2.75) is 31.8 Å². The maximum atomic E-state index is 12.4. The molecule has 0 saturated carbocycles. The maximum absolute atomic E-state index is 12.4. The molecule has 2 amide bonds. The number of aromatic nitrogens is 4. The van der Waals surface area contributed by atoms with Gasteiger partial charge in [0.2, 0.25) is 5.91 Å². The van der Waals surface area contributed by atoms with Gasteiger partial charge >= 0.3 is 0 Å². The molecule has 10 nitrogen and oxygen atoms in total. The van der Waals surface area contributed by atoms with Gasteiger partial charge in [0.1, 0.15) is 18.7 Å². The number of hydrogen-bond donors (Lipinski definition) is 3. The number of fused-ring (bicyclic) bond motifs is 1. The minimum Gasteiger partial charge on any atom is -0.390 e. The van der Waals surface area contributed by atoms with Gasteiger partial charge in [0.15, 0.2) is 17.0 Å². The van der Waals surface area contributed by atoms with E-state index < -0.39 is 18.4 Å². The second kappa shape index (κ2) is 7.94. The molecule has 1 fully saturated rings. The molecule has 0 aliphatic carbocycles. The molecule has 1 aliphatic heterocycles. The number of imidazole rings is 1. The van der Waals surface area contributed by atoms with Crippen LogP contribution in [0.5, 0.6) is 0 Å². The summed E-state index contributed by atoms with van der Waals surface area (Å²) in [5.41, 5.74) is 1.39. The summed E-state index contributed by atoms with van der Waals surface area (Å²) in [6, 6.07) is 8.79. The van der Waals surface area contributed by atoms with Crippen LogP contribution in [0.2, 0.25) is 0 Å². The van der Waals surface area contributed by atoms with Crippen molar-refractivity contribution >= 4 is 28.8 Å². The highest BCUT2D eigenvalue weighted by molar-refractivity contribution is 6.06. The molecule has 4 rings (SSSR count). The Morgan fingerprint density at radius 2 is 2.03 bits per heavy atom. The van der Waals surface area contributed by atoms with Crippen LogP contribution in [0, 0.1) is 0 Å². The van der Waals surface area contributed by atoms with Crippen LogP contribution in [-0.4, -0.2) is 55.2 Å². The number of benzene rings is 1. The lowest BCUT2D eigenvalue weighted by atomic mass is 10.2. The Morgan fingerprint density at radius 1 is 1.24 bits per heavy atom. The van der Waals surface area contributed by atoms with Gasteiger partial charge in [-0.3, -0.25) is 14.2 Å². The van der Waals surface area contributed by atoms with Crippen LogP contribution in [0.25, 0.3) is 11.2 Å². The minimum absolute atomic E-state index is 0.191. The SMILES string of the molecule is CC(=O)NC[C@@H]1O[C@H](n2cnc3c(NC(=O)c4ccccc4)ncnc32)C[C@H]1O. The standard InChI is InChI=1S/C19H20N6O4/c1-11(26)20-8-14-13(27)7-15(29-14)25-10-23-16-17(21-9-22-18(16)25)24-19(28)12-5-3-2-4-6-12/h2-6,9-10,13-15,27H,7-8H2,1H3,(H,20,26)(H,21,22,24,28)/t13-,14+,15+/m1/s1. The van der Waals surface area contributed by atoms with Gasteiger partial charge in [-0.25, -0.2) is 15.0 Å². The van der Waals surface area contributed by atoms with Gasteiger partial charge in [-0.2, -0.15) is 0 Å². The molecule has 0 bridgehead atoms. The number of aliphatic hydroxyl groups is 1. The molecular formula is C19H20N6O4. The van der Waals surface area contributed by atoms with E-state index in [-0.39, 0.29) is 24.2 Å². The molecule has 150 valence electrons. The summed E-state index contributed by atoms with van der Waals surface area (Å²) in [4.78, 5) is 36.3. The fourth-order valence-electron chi connectivity index (χ4n) is 3.24. The highest BCUT2D eigenvalue weighted by atomic mass is 16.5. The molecule has 10 heteroatoms. The van der Waals surface area contributed by atoms with E-state index in [1.54, 1.807) is 28.8 Å². The van der Waals surface area contributed by atoms with Gasteiger partial charge in [-0.1, -0.05) is 18.2 Å². The normalized spacial score (nSPS) is 21.2. The van der Waals surface area contributed by atoms with E-state index >= 15 is 0 Å². The van der Waals surface area contributed by atoms with Gasteiger partial charge in [0.05, 0.1) is 12.4 Å². The van der Waals surface area contributed by atoms with Crippen molar-refractivity contribution in [3.63, 3.8) is 0 Å². The number of amides is 2. The fourth-order valence-corrected chi connectivity index (χ4v) is 3.24. The predicted octanol–water partition coefficient (Wildman–Crippen LogP) is 0.863. The Kier molecular flexibility index (Phi) is 5.19. The number of nitrogens with zero attached hydrogens (tertiary/aromatic N) is 4. The lowest BCUT2D eigenvalue weighted by Gasteiger charge is -2.15. The summed E-state index contributed by atoms with van der Waals surface area (Å²) >= 11 is 0. The van der Waals surface area contributed by atoms with Crippen LogP contribution in [0.15, 0.2) is 43.0 Å².